The van der Waals surface area contributed by atoms with Crippen molar-refractivity contribution >= 4 is 18.3 Å². The van der Waals surface area contributed by atoms with Crippen LogP contribution in [0.5, 0.6) is 0 Å². The number of aromatic nitrogens is 1. The molecular weight excluding hydrogens is 266 g/mol. The van der Waals surface area contributed by atoms with Crippen LogP contribution in [0, 0.1) is 6.92 Å². The van der Waals surface area contributed by atoms with E-state index in [9.17, 15) is 9.59 Å². The minimum atomic E-state index is -0.349. The number of rotatable bonds is 3. The van der Waals surface area contributed by atoms with Crippen LogP contribution in [-0.2, 0) is 0 Å². The maximum Gasteiger partial charge on any atom is 0.260 e. The predicted molar refractivity (Wildman–Crippen MR) is 76.8 cm³/mol. The van der Waals surface area contributed by atoms with E-state index < -0.39 is 0 Å². The van der Waals surface area contributed by atoms with Gasteiger partial charge in [0.15, 0.2) is 0 Å². The zero-order chi connectivity index (χ0) is 13.2. The van der Waals surface area contributed by atoms with Gasteiger partial charge in [0.1, 0.15) is 5.56 Å². The predicted octanol–water partition coefficient (Wildman–Crippen LogP) is 1.11. The number of halogens is 1. The molecular formula is C13H20ClN3O2. The van der Waals surface area contributed by atoms with Crippen LogP contribution in [-0.4, -0.2) is 23.0 Å². The maximum absolute atomic E-state index is 12.1. The highest BCUT2D eigenvalue weighted by Crippen LogP contribution is 2.28. The van der Waals surface area contributed by atoms with Gasteiger partial charge >= 0.3 is 0 Å². The van der Waals surface area contributed by atoms with Crippen molar-refractivity contribution in [2.75, 3.05) is 6.54 Å². The molecule has 2 rings (SSSR count). The van der Waals surface area contributed by atoms with Gasteiger partial charge in [0.2, 0.25) is 0 Å². The van der Waals surface area contributed by atoms with Crippen LogP contribution in [0.1, 0.15) is 41.7 Å². The first-order valence-corrected chi connectivity index (χ1v) is 6.29. The van der Waals surface area contributed by atoms with Gasteiger partial charge in [0, 0.05) is 12.2 Å². The monoisotopic (exact) mass is 285 g/mol. The lowest BCUT2D eigenvalue weighted by atomic mass is 9.97. The summed E-state index contributed by atoms with van der Waals surface area (Å²) in [7, 11) is 0. The highest BCUT2D eigenvalue weighted by molar-refractivity contribution is 5.94. The third-order valence-corrected chi connectivity index (χ3v) is 3.63. The van der Waals surface area contributed by atoms with Crippen molar-refractivity contribution in [3.8, 4) is 0 Å². The second-order valence-electron chi connectivity index (χ2n) is 5.03. The van der Waals surface area contributed by atoms with Crippen molar-refractivity contribution in [1.82, 2.24) is 10.3 Å². The summed E-state index contributed by atoms with van der Waals surface area (Å²) in [5.41, 5.74) is 5.98. The highest BCUT2D eigenvalue weighted by atomic mass is 35.5. The summed E-state index contributed by atoms with van der Waals surface area (Å²) >= 11 is 0. The highest BCUT2D eigenvalue weighted by Gasteiger charge is 2.34. The van der Waals surface area contributed by atoms with Gasteiger partial charge in [-0.05, 0) is 31.9 Å². The minimum absolute atomic E-state index is 0. The molecule has 0 aliphatic heterocycles. The summed E-state index contributed by atoms with van der Waals surface area (Å²) in [6.07, 6.45) is 3.92. The largest absolute Gasteiger partial charge is 0.345 e. The zero-order valence-corrected chi connectivity index (χ0v) is 11.8. The molecule has 1 amide bonds. The van der Waals surface area contributed by atoms with Gasteiger partial charge < -0.3 is 16.0 Å². The fraction of sp³-hybridized carbons (Fsp3) is 0.538. The molecule has 1 saturated carbocycles. The van der Waals surface area contributed by atoms with Crippen LogP contribution in [0.2, 0.25) is 0 Å². The molecule has 4 N–H and O–H groups in total. The Hall–Kier alpha value is -1.33. The Morgan fingerprint density at radius 3 is 2.58 bits per heavy atom. The lowest BCUT2D eigenvalue weighted by Crippen LogP contribution is -2.52. The zero-order valence-electron chi connectivity index (χ0n) is 11.0. The van der Waals surface area contributed by atoms with E-state index in [1.165, 1.54) is 0 Å². The van der Waals surface area contributed by atoms with Crippen molar-refractivity contribution in [3.63, 3.8) is 0 Å². The van der Waals surface area contributed by atoms with E-state index in [2.05, 4.69) is 10.3 Å². The second-order valence-corrected chi connectivity index (χ2v) is 5.03. The van der Waals surface area contributed by atoms with Gasteiger partial charge in [-0.3, -0.25) is 9.59 Å². The molecule has 1 aromatic rings. The summed E-state index contributed by atoms with van der Waals surface area (Å²) in [6, 6.07) is 3.28. The Labute approximate surface area is 118 Å². The van der Waals surface area contributed by atoms with E-state index in [1.54, 1.807) is 19.1 Å². The van der Waals surface area contributed by atoms with E-state index in [0.29, 0.717) is 6.54 Å². The Bertz CT molecular complexity index is 507. The molecule has 1 fully saturated rings. The summed E-state index contributed by atoms with van der Waals surface area (Å²) in [6.45, 7) is 2.20. The smallest absolute Gasteiger partial charge is 0.260 e. The first-order valence-electron chi connectivity index (χ1n) is 6.29. The van der Waals surface area contributed by atoms with Crippen molar-refractivity contribution in [2.24, 2.45) is 5.73 Å². The SMILES string of the molecule is Cc1ccc(C(=O)NC2(CN)CCCC2)c(=O)[nH]1.Cl. The molecule has 5 nitrogen and oxygen atoms in total. The van der Waals surface area contributed by atoms with Crippen LogP contribution < -0.4 is 16.6 Å². The van der Waals surface area contributed by atoms with E-state index in [1.807, 2.05) is 0 Å². The standard InChI is InChI=1S/C13H19N3O2.ClH/c1-9-4-5-10(11(17)15-9)12(18)16-13(8-14)6-2-3-7-13;/h4-5H,2-3,6-8,14H2,1H3,(H,15,17)(H,16,18);1H. The minimum Gasteiger partial charge on any atom is -0.345 e. The molecule has 19 heavy (non-hydrogen) atoms. The number of carbonyl (C=O) groups is 1. The molecule has 0 atom stereocenters. The number of pyridine rings is 1. The van der Waals surface area contributed by atoms with Crippen LogP contribution in [0.25, 0.3) is 0 Å². The molecule has 1 heterocycles. The number of hydrogen-bond acceptors (Lipinski definition) is 3. The molecule has 0 aromatic carbocycles. The Kier molecular flexibility index (Phi) is 5.14. The number of carbonyl (C=O) groups excluding carboxylic acids is 1. The molecule has 0 unspecified atom stereocenters. The van der Waals surface area contributed by atoms with Crippen molar-refractivity contribution < 1.29 is 4.79 Å². The van der Waals surface area contributed by atoms with Gasteiger partial charge in [-0.2, -0.15) is 0 Å². The fourth-order valence-electron chi connectivity index (χ4n) is 2.49. The number of nitrogens with two attached hydrogens (primary N) is 1. The van der Waals surface area contributed by atoms with Crippen LogP contribution in [0.15, 0.2) is 16.9 Å². The summed E-state index contributed by atoms with van der Waals surface area (Å²) < 4.78 is 0. The van der Waals surface area contributed by atoms with E-state index in [4.69, 9.17) is 5.73 Å². The van der Waals surface area contributed by atoms with Crippen LogP contribution in [0.4, 0.5) is 0 Å². The molecule has 1 aliphatic carbocycles. The van der Waals surface area contributed by atoms with Crippen LogP contribution >= 0.6 is 12.4 Å². The number of H-pyrrole nitrogens is 1. The number of hydrogen-bond donors (Lipinski definition) is 3. The van der Waals surface area contributed by atoms with Gasteiger partial charge in [0.25, 0.3) is 11.5 Å². The second kappa shape index (κ2) is 6.21. The Morgan fingerprint density at radius 1 is 1.42 bits per heavy atom. The quantitative estimate of drug-likeness (QED) is 0.777. The molecule has 0 bridgehead atoms. The lowest BCUT2D eigenvalue weighted by molar-refractivity contribution is 0.0901. The normalized spacial score (nSPS) is 16.7. The fourth-order valence-corrected chi connectivity index (χ4v) is 2.49. The Morgan fingerprint density at radius 2 is 2.05 bits per heavy atom. The van der Waals surface area contributed by atoms with Crippen molar-refractivity contribution in [3.05, 3.63) is 33.7 Å². The average Bonchev–Trinajstić information content (AvgIpc) is 2.78. The van der Waals surface area contributed by atoms with Crippen LogP contribution in [0.3, 0.4) is 0 Å². The third-order valence-electron chi connectivity index (χ3n) is 3.63. The topological polar surface area (TPSA) is 88.0 Å². The Balaban J connectivity index is 0.00000180. The van der Waals surface area contributed by atoms with E-state index >= 15 is 0 Å². The van der Waals surface area contributed by atoms with Gasteiger partial charge in [0.05, 0.1) is 5.54 Å². The van der Waals surface area contributed by atoms with E-state index in [0.717, 1.165) is 31.4 Å². The van der Waals surface area contributed by atoms with Crippen molar-refractivity contribution in [1.29, 1.82) is 0 Å². The first kappa shape index (κ1) is 15.7. The average molecular weight is 286 g/mol. The molecule has 0 radical (unpaired) electrons. The molecule has 106 valence electrons. The summed E-state index contributed by atoms with van der Waals surface area (Å²) in [5.74, 6) is -0.330. The lowest BCUT2D eigenvalue weighted by Gasteiger charge is -2.28. The molecule has 6 heteroatoms. The first-order chi connectivity index (χ1) is 8.56. The molecule has 0 spiro atoms. The number of nitrogens with one attached hydrogen (secondary N) is 2. The third kappa shape index (κ3) is 3.36. The van der Waals surface area contributed by atoms with Crippen molar-refractivity contribution in [2.45, 2.75) is 38.1 Å². The summed E-state index contributed by atoms with van der Waals surface area (Å²) in [5, 5.41) is 2.93. The maximum atomic E-state index is 12.1. The molecule has 1 aliphatic rings. The molecule has 1 aromatic heterocycles. The summed E-state index contributed by atoms with van der Waals surface area (Å²) in [4.78, 5) is 26.4. The van der Waals surface area contributed by atoms with Gasteiger partial charge in [-0.1, -0.05) is 12.8 Å². The van der Waals surface area contributed by atoms with Gasteiger partial charge in [-0.15, -0.1) is 12.4 Å². The number of aromatic amines is 1. The van der Waals surface area contributed by atoms with E-state index in [-0.39, 0.29) is 35.0 Å². The number of aryl methyl sites for hydroxylation is 1. The van der Waals surface area contributed by atoms with Gasteiger partial charge in [-0.25, -0.2) is 0 Å². The number of amides is 1. The molecule has 0 saturated heterocycles.